The first-order valence-electron chi connectivity index (χ1n) is 7.07. The topological polar surface area (TPSA) is 58.6 Å². The highest BCUT2D eigenvalue weighted by Crippen LogP contribution is 2.22. The van der Waals surface area contributed by atoms with Gasteiger partial charge in [0.15, 0.2) is 0 Å². The third kappa shape index (κ3) is 4.04. The molecule has 5 nitrogen and oxygen atoms in total. The molecule has 1 fully saturated rings. The van der Waals surface area contributed by atoms with Crippen molar-refractivity contribution < 1.29 is 13.7 Å². The smallest absolute Gasteiger partial charge is 0.322 e. The fourth-order valence-electron chi connectivity index (χ4n) is 2.25. The monoisotopic (exact) mass is 310 g/mol. The molecule has 0 radical (unpaired) electrons. The van der Waals surface area contributed by atoms with Gasteiger partial charge in [0.25, 0.3) is 0 Å². The highest BCUT2D eigenvalue weighted by Gasteiger charge is 2.32. The zero-order valence-corrected chi connectivity index (χ0v) is 13.5. The van der Waals surface area contributed by atoms with Crippen molar-refractivity contribution in [2.24, 2.45) is 0 Å². The van der Waals surface area contributed by atoms with E-state index in [0.29, 0.717) is 25.4 Å². The van der Waals surface area contributed by atoms with E-state index < -0.39 is 10.8 Å². The van der Waals surface area contributed by atoms with Crippen LogP contribution >= 0.6 is 0 Å². The summed E-state index contributed by atoms with van der Waals surface area (Å²) in [6, 6.07) is 6.95. The highest BCUT2D eigenvalue weighted by molar-refractivity contribution is 7.84. The molecular weight excluding hydrogens is 288 g/mol. The Kier molecular flexibility index (Phi) is 5.00. The van der Waals surface area contributed by atoms with Crippen molar-refractivity contribution >= 4 is 22.5 Å². The molecule has 1 aromatic rings. The van der Waals surface area contributed by atoms with Crippen molar-refractivity contribution in [3.8, 4) is 0 Å². The number of nitrogens with zero attached hydrogens (tertiary/aromatic N) is 1. The second-order valence-electron chi connectivity index (χ2n) is 5.48. The van der Waals surface area contributed by atoms with Crippen LogP contribution in [0.25, 0.3) is 0 Å². The lowest BCUT2D eigenvalue weighted by Crippen LogP contribution is -2.53. The minimum Gasteiger partial charge on any atom is -0.372 e. The van der Waals surface area contributed by atoms with Gasteiger partial charge in [-0.25, -0.2) is 4.79 Å². The van der Waals surface area contributed by atoms with E-state index in [2.05, 4.69) is 12.2 Å². The molecule has 2 amide bonds. The molecule has 2 rings (SSSR count). The maximum absolute atomic E-state index is 12.3. The van der Waals surface area contributed by atoms with Crippen molar-refractivity contribution in [2.75, 3.05) is 31.3 Å². The number of anilines is 1. The van der Waals surface area contributed by atoms with Crippen molar-refractivity contribution in [3.63, 3.8) is 0 Å². The van der Waals surface area contributed by atoms with Crippen LogP contribution in [-0.4, -0.2) is 46.7 Å². The Morgan fingerprint density at radius 2 is 2.10 bits per heavy atom. The number of carbonyl (C=O) groups excluding carboxylic acids is 1. The molecule has 116 valence electrons. The summed E-state index contributed by atoms with van der Waals surface area (Å²) in [7, 11) is -1.01. The summed E-state index contributed by atoms with van der Waals surface area (Å²) in [5.41, 5.74) is 0.442. The fourth-order valence-corrected chi connectivity index (χ4v) is 2.77. The Labute approximate surface area is 128 Å². The summed E-state index contributed by atoms with van der Waals surface area (Å²) in [6.45, 7) is 5.83. The van der Waals surface area contributed by atoms with Gasteiger partial charge in [0.05, 0.1) is 18.8 Å². The molecule has 1 aliphatic heterocycles. The minimum atomic E-state index is -1.01. The highest BCUT2D eigenvalue weighted by atomic mass is 32.2. The van der Waals surface area contributed by atoms with Crippen LogP contribution in [-0.2, 0) is 15.5 Å². The Hall–Kier alpha value is -1.40. The van der Waals surface area contributed by atoms with Crippen molar-refractivity contribution in [1.82, 2.24) is 4.90 Å². The molecule has 1 aromatic carbocycles. The molecule has 0 unspecified atom stereocenters. The molecule has 0 bridgehead atoms. The Morgan fingerprint density at radius 3 is 2.67 bits per heavy atom. The lowest BCUT2D eigenvalue weighted by Gasteiger charge is -2.39. The molecule has 0 spiro atoms. The van der Waals surface area contributed by atoms with E-state index in [1.807, 2.05) is 6.92 Å². The standard InChI is InChI=1S/C15H22N2O3S/c1-4-15(2)11-17(9-10-20-15)14(18)16-12-5-7-13(8-6-12)21(3)19/h5-8H,4,9-11H2,1-3H3,(H,16,18)/t15-,21-/m0/s1. The quantitative estimate of drug-likeness (QED) is 0.933. The van der Waals surface area contributed by atoms with Crippen LogP contribution in [0.15, 0.2) is 29.2 Å². The third-order valence-corrected chi connectivity index (χ3v) is 4.75. The number of benzene rings is 1. The Balaban J connectivity index is 1.99. The van der Waals surface area contributed by atoms with Crippen LogP contribution in [0.3, 0.4) is 0 Å². The van der Waals surface area contributed by atoms with Crippen LogP contribution in [0.5, 0.6) is 0 Å². The molecular formula is C15H22N2O3S. The molecule has 1 saturated heterocycles. The first-order chi connectivity index (χ1) is 9.93. The summed E-state index contributed by atoms with van der Waals surface area (Å²) in [5.74, 6) is 0. The normalized spacial score (nSPS) is 23.7. The van der Waals surface area contributed by atoms with E-state index in [9.17, 15) is 9.00 Å². The van der Waals surface area contributed by atoms with Gasteiger partial charge in [-0.3, -0.25) is 4.21 Å². The van der Waals surface area contributed by atoms with Crippen LogP contribution in [0.2, 0.25) is 0 Å². The number of morpholine rings is 1. The van der Waals surface area contributed by atoms with Crippen LogP contribution in [0, 0.1) is 0 Å². The number of hydrogen-bond acceptors (Lipinski definition) is 3. The second-order valence-corrected chi connectivity index (χ2v) is 6.86. The van der Waals surface area contributed by atoms with Gasteiger partial charge in [-0.2, -0.15) is 0 Å². The maximum atomic E-state index is 12.3. The van der Waals surface area contributed by atoms with Crippen molar-refractivity contribution in [3.05, 3.63) is 24.3 Å². The van der Waals surface area contributed by atoms with Gasteiger partial charge < -0.3 is 15.0 Å². The van der Waals surface area contributed by atoms with E-state index in [-0.39, 0.29) is 11.6 Å². The maximum Gasteiger partial charge on any atom is 0.322 e. The molecule has 1 heterocycles. The number of amides is 2. The number of hydrogen-bond donors (Lipinski definition) is 1. The van der Waals surface area contributed by atoms with Crippen LogP contribution in [0.1, 0.15) is 20.3 Å². The van der Waals surface area contributed by atoms with E-state index >= 15 is 0 Å². The summed E-state index contributed by atoms with van der Waals surface area (Å²) in [4.78, 5) is 14.8. The average Bonchev–Trinajstić information content (AvgIpc) is 2.48. The van der Waals surface area contributed by atoms with Gasteiger partial charge in [-0.1, -0.05) is 6.92 Å². The Bertz CT molecular complexity index is 532. The zero-order valence-electron chi connectivity index (χ0n) is 12.7. The lowest BCUT2D eigenvalue weighted by atomic mass is 10.0. The summed E-state index contributed by atoms with van der Waals surface area (Å²) in [5, 5.41) is 2.87. The predicted octanol–water partition coefficient (Wildman–Crippen LogP) is 2.46. The Morgan fingerprint density at radius 1 is 1.43 bits per heavy atom. The first-order valence-corrected chi connectivity index (χ1v) is 8.63. The van der Waals surface area contributed by atoms with Gasteiger partial charge in [0.1, 0.15) is 0 Å². The molecule has 2 atom stereocenters. The molecule has 0 aromatic heterocycles. The first kappa shape index (κ1) is 16.0. The van der Waals surface area contributed by atoms with E-state index in [1.165, 1.54) is 0 Å². The summed E-state index contributed by atoms with van der Waals surface area (Å²) >= 11 is 0. The van der Waals surface area contributed by atoms with Crippen LogP contribution < -0.4 is 5.32 Å². The molecule has 21 heavy (non-hydrogen) atoms. The summed E-state index contributed by atoms with van der Waals surface area (Å²) in [6.07, 6.45) is 2.50. The molecule has 6 heteroatoms. The number of carbonyl (C=O) groups is 1. The fraction of sp³-hybridized carbons (Fsp3) is 0.533. The zero-order chi connectivity index (χ0) is 15.5. The number of rotatable bonds is 3. The molecule has 0 aliphatic carbocycles. The van der Waals surface area contributed by atoms with E-state index in [0.717, 1.165) is 11.3 Å². The van der Waals surface area contributed by atoms with Crippen molar-refractivity contribution in [1.29, 1.82) is 0 Å². The molecule has 1 aliphatic rings. The third-order valence-electron chi connectivity index (χ3n) is 3.81. The predicted molar refractivity (Wildman–Crippen MR) is 84.0 cm³/mol. The van der Waals surface area contributed by atoms with E-state index in [4.69, 9.17) is 4.74 Å². The molecule has 1 N–H and O–H groups in total. The van der Waals surface area contributed by atoms with Gasteiger partial charge in [0.2, 0.25) is 0 Å². The number of nitrogens with one attached hydrogen (secondary N) is 1. The van der Waals surface area contributed by atoms with Gasteiger partial charge >= 0.3 is 6.03 Å². The summed E-state index contributed by atoms with van der Waals surface area (Å²) < 4.78 is 17.1. The SMILES string of the molecule is CC[C@@]1(C)CN(C(=O)Nc2ccc([S@](C)=O)cc2)CCO1. The molecule has 0 saturated carbocycles. The lowest BCUT2D eigenvalue weighted by molar-refractivity contribution is -0.0860. The largest absolute Gasteiger partial charge is 0.372 e. The number of urea groups is 1. The average molecular weight is 310 g/mol. The van der Waals surface area contributed by atoms with Crippen molar-refractivity contribution in [2.45, 2.75) is 30.8 Å². The number of ether oxygens (including phenoxy) is 1. The van der Waals surface area contributed by atoms with E-state index in [1.54, 1.807) is 35.4 Å². The second kappa shape index (κ2) is 6.58. The van der Waals surface area contributed by atoms with Gasteiger partial charge in [0, 0.05) is 34.2 Å². The van der Waals surface area contributed by atoms with Gasteiger partial charge in [-0.15, -0.1) is 0 Å². The van der Waals surface area contributed by atoms with Crippen LogP contribution in [0.4, 0.5) is 10.5 Å². The minimum absolute atomic E-state index is 0.122. The van der Waals surface area contributed by atoms with Gasteiger partial charge in [-0.05, 0) is 37.6 Å².